The summed E-state index contributed by atoms with van der Waals surface area (Å²) in [7, 11) is 1.04. The van der Waals surface area contributed by atoms with Crippen LogP contribution in [0, 0.1) is 0 Å². The molecule has 0 amide bonds. The molecule has 0 aliphatic rings. The molecule has 1 aromatic heterocycles. The van der Waals surface area contributed by atoms with E-state index in [1.54, 1.807) is 0 Å². The average Bonchev–Trinajstić information content (AvgIpc) is 2.27. The molecule has 0 unspecified atom stereocenters. The first kappa shape index (κ1) is 10.0. The quantitative estimate of drug-likeness (QED) is 0.292. The van der Waals surface area contributed by atoms with Crippen LogP contribution in [0.25, 0.3) is 0 Å². The van der Waals surface area contributed by atoms with Gasteiger partial charge in [0.15, 0.2) is 0 Å². The lowest BCUT2D eigenvalue weighted by atomic mass is 10.1. The highest BCUT2D eigenvalue weighted by Gasteiger charge is 2.24. The molecule has 0 aliphatic heterocycles. The molecule has 0 aliphatic carbocycles. The number of ketones is 2. The molecule has 5 nitrogen and oxygen atoms in total. The zero-order chi connectivity index (χ0) is 10.6. The smallest absolute Gasteiger partial charge is 0.383 e. The molecule has 0 N–H and O–H groups in total. The third kappa shape index (κ3) is 2.01. The van der Waals surface area contributed by atoms with Crippen molar-refractivity contribution in [2.75, 3.05) is 7.11 Å². The predicted molar refractivity (Wildman–Crippen MR) is 45.6 cm³/mol. The molecule has 1 aromatic rings. The Bertz CT molecular complexity index is 372. The van der Waals surface area contributed by atoms with E-state index < -0.39 is 17.5 Å². The summed E-state index contributed by atoms with van der Waals surface area (Å²) in [5.74, 6) is -3.27. The van der Waals surface area contributed by atoms with Crippen LogP contribution in [0.2, 0.25) is 0 Å². The number of hydrogen-bond donors (Lipinski definition) is 0. The van der Waals surface area contributed by atoms with Gasteiger partial charge in [0.25, 0.3) is 0 Å². The van der Waals surface area contributed by atoms with Gasteiger partial charge in [0, 0.05) is 18.0 Å². The monoisotopic (exact) mass is 193 g/mol. The van der Waals surface area contributed by atoms with Crippen LogP contribution in [0.15, 0.2) is 24.5 Å². The lowest BCUT2D eigenvalue weighted by molar-refractivity contribution is -0.149. The number of aromatic nitrogens is 1. The van der Waals surface area contributed by atoms with Crippen LogP contribution in [0.5, 0.6) is 0 Å². The first-order valence-corrected chi connectivity index (χ1v) is 3.74. The van der Waals surface area contributed by atoms with Gasteiger partial charge in [-0.1, -0.05) is 0 Å². The Morgan fingerprint density at radius 1 is 1.36 bits per heavy atom. The predicted octanol–water partition coefficient (Wildman–Crippen LogP) is 0.00640. The van der Waals surface area contributed by atoms with Gasteiger partial charge in [-0.15, -0.1) is 0 Å². The molecular formula is C9H7NO4. The summed E-state index contributed by atoms with van der Waals surface area (Å²) in [4.78, 5) is 36.6. The largest absolute Gasteiger partial charge is 0.463 e. The number of carbonyl (C=O) groups is 3. The van der Waals surface area contributed by atoms with Crippen LogP contribution in [-0.2, 0) is 14.3 Å². The number of methoxy groups -OCH3 is 1. The molecule has 0 saturated heterocycles. The number of Topliss-reactive ketones (excluding diaryl/α,β-unsaturated/α-hetero) is 2. The Morgan fingerprint density at radius 2 is 2.07 bits per heavy atom. The van der Waals surface area contributed by atoms with Crippen molar-refractivity contribution in [2.24, 2.45) is 0 Å². The number of hydrogen-bond acceptors (Lipinski definition) is 5. The van der Waals surface area contributed by atoms with Crippen LogP contribution < -0.4 is 0 Å². The Morgan fingerprint density at radius 3 is 2.57 bits per heavy atom. The maximum absolute atomic E-state index is 11.3. The molecule has 1 heterocycles. The van der Waals surface area contributed by atoms with E-state index >= 15 is 0 Å². The number of carbonyl (C=O) groups excluding carboxylic acids is 3. The highest BCUT2D eigenvalue weighted by atomic mass is 16.5. The number of nitrogens with zero attached hydrogens (tertiary/aromatic N) is 1. The van der Waals surface area contributed by atoms with Crippen LogP contribution in [0.4, 0.5) is 0 Å². The first-order chi connectivity index (χ1) is 6.66. The Balaban J connectivity index is 2.87. The molecule has 0 bridgehead atoms. The summed E-state index contributed by atoms with van der Waals surface area (Å²) in [6.07, 6.45) is 2.67. The van der Waals surface area contributed by atoms with Gasteiger partial charge in [0.05, 0.1) is 7.11 Å². The normalized spacial score (nSPS) is 9.21. The van der Waals surface area contributed by atoms with Gasteiger partial charge in [-0.05, 0) is 12.1 Å². The van der Waals surface area contributed by atoms with E-state index in [1.807, 2.05) is 0 Å². The topological polar surface area (TPSA) is 73.3 Å². The molecule has 0 atom stereocenters. The van der Waals surface area contributed by atoms with Gasteiger partial charge in [-0.25, -0.2) is 4.79 Å². The summed E-state index contributed by atoms with van der Waals surface area (Å²) in [6.45, 7) is 0. The van der Waals surface area contributed by atoms with Crippen molar-refractivity contribution >= 4 is 17.5 Å². The van der Waals surface area contributed by atoms with Crippen molar-refractivity contribution in [2.45, 2.75) is 0 Å². The fraction of sp³-hybridized carbons (Fsp3) is 0.111. The second-order valence-electron chi connectivity index (χ2n) is 2.39. The van der Waals surface area contributed by atoms with Crippen LogP contribution in [-0.4, -0.2) is 29.6 Å². The summed E-state index contributed by atoms with van der Waals surface area (Å²) in [6, 6.07) is 2.90. The number of ether oxygens (including phenoxy) is 1. The van der Waals surface area contributed by atoms with Crippen molar-refractivity contribution in [1.82, 2.24) is 4.98 Å². The molecule has 14 heavy (non-hydrogen) atoms. The number of rotatable bonds is 3. The molecule has 1 rings (SSSR count). The summed E-state index contributed by atoms with van der Waals surface area (Å²) < 4.78 is 4.12. The SMILES string of the molecule is COC(=O)C(=O)C(=O)c1cccnc1. The van der Waals surface area contributed by atoms with Crippen molar-refractivity contribution in [3.63, 3.8) is 0 Å². The van der Waals surface area contributed by atoms with E-state index in [1.165, 1.54) is 24.5 Å². The van der Waals surface area contributed by atoms with Gasteiger partial charge >= 0.3 is 11.8 Å². The molecule has 5 heteroatoms. The second kappa shape index (κ2) is 4.27. The minimum Gasteiger partial charge on any atom is -0.463 e. The zero-order valence-corrected chi connectivity index (χ0v) is 7.39. The van der Waals surface area contributed by atoms with E-state index in [4.69, 9.17) is 0 Å². The maximum Gasteiger partial charge on any atom is 0.383 e. The van der Waals surface area contributed by atoms with Gasteiger partial charge in [0.2, 0.25) is 5.78 Å². The summed E-state index contributed by atoms with van der Waals surface area (Å²) in [5, 5.41) is 0. The molecular weight excluding hydrogens is 186 g/mol. The molecule has 0 aromatic carbocycles. The molecule has 0 radical (unpaired) electrons. The first-order valence-electron chi connectivity index (χ1n) is 3.74. The van der Waals surface area contributed by atoms with E-state index in [2.05, 4.69) is 9.72 Å². The third-order valence-electron chi connectivity index (χ3n) is 1.50. The van der Waals surface area contributed by atoms with Crippen LogP contribution in [0.1, 0.15) is 10.4 Å². The van der Waals surface area contributed by atoms with E-state index in [0.29, 0.717) is 0 Å². The minimum atomic E-state index is -1.19. The Kier molecular flexibility index (Phi) is 3.06. The fourth-order valence-corrected chi connectivity index (χ4v) is 0.814. The minimum absolute atomic E-state index is 0.0721. The summed E-state index contributed by atoms with van der Waals surface area (Å²) >= 11 is 0. The Labute approximate surface area is 79.7 Å². The maximum atomic E-state index is 11.3. The van der Waals surface area contributed by atoms with Crippen LogP contribution in [0.3, 0.4) is 0 Å². The Hall–Kier alpha value is -2.04. The average molecular weight is 193 g/mol. The molecule has 72 valence electrons. The fourth-order valence-electron chi connectivity index (χ4n) is 0.814. The van der Waals surface area contributed by atoms with Crippen molar-refractivity contribution < 1.29 is 19.1 Å². The standard InChI is InChI=1S/C9H7NO4/c1-14-9(13)8(12)7(11)6-3-2-4-10-5-6/h2-5H,1H3. The van der Waals surface area contributed by atoms with Gasteiger partial charge in [0.1, 0.15) is 0 Å². The highest BCUT2D eigenvalue weighted by Crippen LogP contribution is 1.99. The van der Waals surface area contributed by atoms with Gasteiger partial charge in [-0.2, -0.15) is 0 Å². The number of esters is 1. The highest BCUT2D eigenvalue weighted by molar-refractivity contribution is 6.65. The van der Waals surface area contributed by atoms with Crippen molar-refractivity contribution in [3.05, 3.63) is 30.1 Å². The molecule has 0 fully saturated rings. The molecule has 0 spiro atoms. The van der Waals surface area contributed by atoms with Crippen LogP contribution >= 0.6 is 0 Å². The van der Waals surface area contributed by atoms with E-state index in [9.17, 15) is 14.4 Å². The number of pyridine rings is 1. The lowest BCUT2D eigenvalue weighted by Crippen LogP contribution is -2.25. The van der Waals surface area contributed by atoms with E-state index in [0.717, 1.165) is 7.11 Å². The molecule has 0 saturated carbocycles. The van der Waals surface area contributed by atoms with E-state index in [-0.39, 0.29) is 5.56 Å². The third-order valence-corrected chi connectivity index (χ3v) is 1.50. The summed E-state index contributed by atoms with van der Waals surface area (Å²) in [5.41, 5.74) is 0.0721. The van der Waals surface area contributed by atoms with Crippen molar-refractivity contribution in [3.8, 4) is 0 Å². The zero-order valence-electron chi connectivity index (χ0n) is 7.39. The second-order valence-corrected chi connectivity index (χ2v) is 2.39. The van der Waals surface area contributed by atoms with Gasteiger partial charge in [-0.3, -0.25) is 14.6 Å². The van der Waals surface area contributed by atoms with Crippen molar-refractivity contribution in [1.29, 1.82) is 0 Å². The van der Waals surface area contributed by atoms with Gasteiger partial charge < -0.3 is 4.74 Å². The lowest BCUT2D eigenvalue weighted by Gasteiger charge is -1.97.